The van der Waals surface area contributed by atoms with Crippen LogP contribution in [-0.2, 0) is 9.47 Å². The zero-order valence-corrected chi connectivity index (χ0v) is 16.4. The Hall–Kier alpha value is -1.06. The summed E-state index contributed by atoms with van der Waals surface area (Å²) in [6, 6.07) is 0.394. The van der Waals surface area contributed by atoms with Crippen LogP contribution in [0.15, 0.2) is 9.98 Å². The molecule has 0 amide bonds. The predicted molar refractivity (Wildman–Crippen MR) is 96.2 cm³/mol. The van der Waals surface area contributed by atoms with Crippen LogP contribution in [0.5, 0.6) is 0 Å². The molecule has 0 N–H and O–H groups in total. The summed E-state index contributed by atoms with van der Waals surface area (Å²) in [6.07, 6.45) is 0. The predicted octanol–water partition coefficient (Wildman–Crippen LogP) is 4.34. The number of hydrogen-bond acceptors (Lipinski definition) is 4. The van der Waals surface area contributed by atoms with Crippen molar-refractivity contribution in [2.45, 2.75) is 74.4 Å². The highest BCUT2D eigenvalue weighted by molar-refractivity contribution is 6.02. The highest BCUT2D eigenvalue weighted by atomic mass is 16.5. The molecule has 2 aliphatic rings. The molecule has 0 spiro atoms. The maximum atomic E-state index is 6.00. The molecule has 0 unspecified atom stereocenters. The molecule has 0 aliphatic carbocycles. The quantitative estimate of drug-likeness (QED) is 0.759. The summed E-state index contributed by atoms with van der Waals surface area (Å²) >= 11 is 0. The van der Waals surface area contributed by atoms with Gasteiger partial charge in [0.2, 0.25) is 0 Å². The first-order valence-corrected chi connectivity index (χ1v) is 8.71. The van der Waals surface area contributed by atoms with E-state index in [0.29, 0.717) is 13.2 Å². The average Bonchev–Trinajstić information content (AvgIpc) is 2.94. The number of nitrogens with zero attached hydrogens (tertiary/aromatic N) is 2. The van der Waals surface area contributed by atoms with Crippen molar-refractivity contribution in [2.75, 3.05) is 13.2 Å². The molecule has 0 saturated carbocycles. The Labute approximate surface area is 141 Å². The van der Waals surface area contributed by atoms with Gasteiger partial charge < -0.3 is 9.47 Å². The SMILES string of the molecule is CC(C)(C)C(C1=N[C@@H](C(C)(C)C)CO1)C1=N[C@@H](C(C)(C)C)CO1. The molecule has 4 nitrogen and oxygen atoms in total. The topological polar surface area (TPSA) is 43.2 Å². The minimum absolute atomic E-state index is 0.0119. The van der Waals surface area contributed by atoms with Crippen LogP contribution in [0.2, 0.25) is 0 Å². The average molecular weight is 322 g/mol. The van der Waals surface area contributed by atoms with E-state index in [4.69, 9.17) is 19.5 Å². The second-order valence-electron chi connectivity index (χ2n) is 10.1. The second kappa shape index (κ2) is 5.78. The van der Waals surface area contributed by atoms with Gasteiger partial charge in [-0.2, -0.15) is 0 Å². The molecule has 0 saturated heterocycles. The van der Waals surface area contributed by atoms with Crippen molar-refractivity contribution < 1.29 is 9.47 Å². The lowest BCUT2D eigenvalue weighted by atomic mass is 9.80. The van der Waals surface area contributed by atoms with E-state index in [2.05, 4.69) is 62.3 Å². The Morgan fingerprint density at radius 1 is 0.739 bits per heavy atom. The molecule has 2 heterocycles. The van der Waals surface area contributed by atoms with Gasteiger partial charge in [-0.3, -0.25) is 0 Å². The molecule has 23 heavy (non-hydrogen) atoms. The monoisotopic (exact) mass is 322 g/mol. The van der Waals surface area contributed by atoms with Crippen LogP contribution in [0, 0.1) is 22.2 Å². The summed E-state index contributed by atoms with van der Waals surface area (Å²) in [6.45, 7) is 21.1. The molecule has 4 heteroatoms. The van der Waals surface area contributed by atoms with Gasteiger partial charge in [-0.15, -0.1) is 0 Å². The van der Waals surface area contributed by atoms with Gasteiger partial charge in [0.1, 0.15) is 19.1 Å². The van der Waals surface area contributed by atoms with Gasteiger partial charge in [0.25, 0.3) is 0 Å². The minimum Gasteiger partial charge on any atom is -0.478 e. The van der Waals surface area contributed by atoms with Crippen molar-refractivity contribution in [2.24, 2.45) is 32.1 Å². The summed E-state index contributed by atoms with van der Waals surface area (Å²) < 4.78 is 12.0. The van der Waals surface area contributed by atoms with Crippen LogP contribution in [0.25, 0.3) is 0 Å². The molecule has 2 aliphatic heterocycles. The van der Waals surface area contributed by atoms with Crippen molar-refractivity contribution in [3.8, 4) is 0 Å². The molecular formula is C19H34N2O2. The van der Waals surface area contributed by atoms with Crippen molar-refractivity contribution in [3.63, 3.8) is 0 Å². The minimum atomic E-state index is -0.0444. The van der Waals surface area contributed by atoms with Crippen molar-refractivity contribution in [3.05, 3.63) is 0 Å². The molecule has 0 fully saturated rings. The van der Waals surface area contributed by atoms with Crippen molar-refractivity contribution in [1.82, 2.24) is 0 Å². The Morgan fingerprint density at radius 3 is 1.30 bits per heavy atom. The summed E-state index contributed by atoms with van der Waals surface area (Å²) in [7, 11) is 0. The maximum Gasteiger partial charge on any atom is 0.196 e. The molecule has 0 radical (unpaired) electrons. The fourth-order valence-corrected chi connectivity index (χ4v) is 2.83. The van der Waals surface area contributed by atoms with E-state index in [0.717, 1.165) is 11.8 Å². The first-order chi connectivity index (χ1) is 10.3. The lowest BCUT2D eigenvalue weighted by Gasteiger charge is -2.29. The fraction of sp³-hybridized carbons (Fsp3) is 0.895. The lowest BCUT2D eigenvalue weighted by Crippen LogP contribution is -2.36. The molecular weight excluding hydrogens is 288 g/mol. The fourth-order valence-electron chi connectivity index (χ4n) is 2.83. The van der Waals surface area contributed by atoms with Gasteiger partial charge in [-0.1, -0.05) is 62.3 Å². The Morgan fingerprint density at radius 2 is 1.09 bits per heavy atom. The van der Waals surface area contributed by atoms with Crippen LogP contribution >= 0.6 is 0 Å². The second-order valence-corrected chi connectivity index (χ2v) is 10.1. The molecule has 132 valence electrons. The maximum absolute atomic E-state index is 6.00. The third-order valence-corrected chi connectivity index (χ3v) is 4.70. The van der Waals surface area contributed by atoms with E-state index in [1.54, 1.807) is 0 Å². The summed E-state index contributed by atoms with van der Waals surface area (Å²) in [4.78, 5) is 9.78. The van der Waals surface area contributed by atoms with E-state index < -0.39 is 0 Å². The van der Waals surface area contributed by atoms with Gasteiger partial charge in [0.15, 0.2) is 11.8 Å². The van der Waals surface area contributed by atoms with Crippen molar-refractivity contribution >= 4 is 11.8 Å². The zero-order chi connectivity index (χ0) is 17.6. The molecule has 0 bridgehead atoms. The smallest absolute Gasteiger partial charge is 0.196 e. The first kappa shape index (κ1) is 18.3. The molecule has 0 aromatic carbocycles. The standard InChI is InChI=1S/C19H34N2O2/c1-17(2,3)12-10-22-15(20-12)14(19(7,8)9)16-21-13(11-23-16)18(4,5)6/h12-14H,10-11H2,1-9H3/t12-,13-/m1/s1. The number of hydrogen-bond donors (Lipinski definition) is 0. The first-order valence-electron chi connectivity index (χ1n) is 8.71. The van der Waals surface area contributed by atoms with E-state index in [1.807, 2.05) is 0 Å². The number of rotatable bonds is 2. The van der Waals surface area contributed by atoms with Gasteiger partial charge >= 0.3 is 0 Å². The van der Waals surface area contributed by atoms with Gasteiger partial charge in [-0.25, -0.2) is 9.98 Å². The highest BCUT2D eigenvalue weighted by Gasteiger charge is 2.44. The third kappa shape index (κ3) is 4.07. The lowest BCUT2D eigenvalue weighted by molar-refractivity contribution is 0.205. The van der Waals surface area contributed by atoms with Crippen LogP contribution in [-0.4, -0.2) is 37.1 Å². The third-order valence-electron chi connectivity index (χ3n) is 4.70. The Bertz CT molecular complexity index is 461. The normalized spacial score (nSPS) is 26.0. The molecule has 2 rings (SSSR count). The van der Waals surface area contributed by atoms with Crippen LogP contribution in [0.4, 0.5) is 0 Å². The van der Waals surface area contributed by atoms with Crippen LogP contribution in [0.1, 0.15) is 62.3 Å². The van der Waals surface area contributed by atoms with Gasteiger partial charge in [0, 0.05) is 0 Å². The number of aliphatic imine (C=N–C) groups is 2. The van der Waals surface area contributed by atoms with E-state index in [-0.39, 0.29) is 34.2 Å². The summed E-state index contributed by atoms with van der Waals surface area (Å²) in [5.41, 5.74) is 0.171. The Balaban J connectivity index is 2.31. The highest BCUT2D eigenvalue weighted by Crippen LogP contribution is 2.37. The zero-order valence-electron chi connectivity index (χ0n) is 16.4. The molecule has 0 aromatic rings. The molecule has 2 atom stereocenters. The molecule has 0 aromatic heterocycles. The van der Waals surface area contributed by atoms with Crippen LogP contribution < -0.4 is 0 Å². The van der Waals surface area contributed by atoms with Gasteiger partial charge in [0.05, 0.1) is 12.1 Å². The Kier molecular flexibility index (Phi) is 4.60. The van der Waals surface area contributed by atoms with E-state index in [9.17, 15) is 0 Å². The summed E-state index contributed by atoms with van der Waals surface area (Å²) in [5, 5.41) is 0. The van der Waals surface area contributed by atoms with Crippen LogP contribution in [0.3, 0.4) is 0 Å². The van der Waals surface area contributed by atoms with Gasteiger partial charge in [-0.05, 0) is 16.2 Å². The van der Waals surface area contributed by atoms with E-state index >= 15 is 0 Å². The number of ether oxygens (including phenoxy) is 2. The van der Waals surface area contributed by atoms with Crippen molar-refractivity contribution in [1.29, 1.82) is 0 Å². The van der Waals surface area contributed by atoms with E-state index in [1.165, 1.54) is 0 Å². The largest absolute Gasteiger partial charge is 0.478 e. The summed E-state index contributed by atoms with van der Waals surface area (Å²) in [5.74, 6) is 1.58.